The number of carboxylic acid groups (broad SMARTS) is 2. The van der Waals surface area contributed by atoms with Crippen LogP contribution in [0.1, 0.15) is 188 Å². The van der Waals surface area contributed by atoms with Crippen molar-refractivity contribution in [3.63, 3.8) is 0 Å². The third-order valence-electron chi connectivity index (χ3n) is 10.2. The second kappa shape index (κ2) is 32.2. The number of ether oxygens (including phenoxy) is 4. The summed E-state index contributed by atoms with van der Waals surface area (Å²) < 4.78 is 260. The molecular formula is C51H82N4O14. The van der Waals surface area contributed by atoms with Crippen LogP contribution in [0.3, 0.4) is 0 Å². The maximum Gasteiger partial charge on any atom is 0.335 e. The van der Waals surface area contributed by atoms with Gasteiger partial charge in [0.15, 0.2) is 35.2 Å². The average molecular weight is 1010 g/mol. The molecule has 0 radical (unpaired) electrons. The fourth-order valence-corrected chi connectivity index (χ4v) is 6.93. The third kappa shape index (κ3) is 20.6. The summed E-state index contributed by atoms with van der Waals surface area (Å²) in [5.41, 5.74) is 0.461. The summed E-state index contributed by atoms with van der Waals surface area (Å²) in [7, 11) is 0. The Balaban J connectivity index is 0.000000448. The van der Waals surface area contributed by atoms with Gasteiger partial charge in [-0.15, -0.1) is 0 Å². The molecule has 0 saturated carbocycles. The van der Waals surface area contributed by atoms with Crippen molar-refractivity contribution in [3.05, 3.63) is 47.5 Å². The van der Waals surface area contributed by atoms with Gasteiger partial charge in [0.05, 0.1) is 12.1 Å². The van der Waals surface area contributed by atoms with Crippen LogP contribution < -0.4 is 29.6 Å². The molecule has 0 bridgehead atoms. The number of fused-ring (bicyclic) bond motifs is 2. The van der Waals surface area contributed by atoms with E-state index in [0.717, 1.165) is 25.7 Å². The summed E-state index contributed by atoms with van der Waals surface area (Å²) >= 11 is 0. The van der Waals surface area contributed by atoms with Gasteiger partial charge in [-0.05, 0) is 100 Å². The minimum absolute atomic E-state index is 0. The van der Waals surface area contributed by atoms with Gasteiger partial charge in [0, 0.05) is 67.0 Å². The van der Waals surface area contributed by atoms with Crippen LogP contribution in [0.2, 0.25) is 0 Å². The Labute approximate surface area is 450 Å². The van der Waals surface area contributed by atoms with Crippen LogP contribution in [0.25, 0.3) is 0 Å². The lowest BCUT2D eigenvalue weighted by Crippen LogP contribution is -2.46. The summed E-state index contributed by atoms with van der Waals surface area (Å²) in [5.74, 6) is -5.69. The van der Waals surface area contributed by atoms with Crippen LogP contribution in [0.15, 0.2) is 36.4 Å². The Kier molecular flexibility index (Phi) is 13.0. The lowest BCUT2D eigenvalue weighted by atomic mass is 10.0. The summed E-state index contributed by atoms with van der Waals surface area (Å²) in [6, 6.07) is 6.37. The first-order valence-corrected chi connectivity index (χ1v) is 21.2. The number of aliphatic hydroxyl groups excluding tert-OH is 4. The van der Waals surface area contributed by atoms with Crippen molar-refractivity contribution in [2.45, 2.75) is 160 Å². The van der Waals surface area contributed by atoms with Crippen LogP contribution in [-0.2, 0) is 19.2 Å². The molecular weight excluding hydrogens is 893 g/mol. The van der Waals surface area contributed by atoms with Crippen molar-refractivity contribution in [1.82, 2.24) is 20.4 Å². The number of aliphatic hydroxyl groups is 4. The molecule has 18 nitrogen and oxygen atoms in total. The number of nitrogens with one attached hydrogen (secondary N) is 2. The minimum atomic E-state index is -4.34. The molecule has 6 atom stereocenters. The summed E-state index contributed by atoms with van der Waals surface area (Å²) in [6.45, 7) is -4.27. The van der Waals surface area contributed by atoms with Crippen molar-refractivity contribution in [3.8, 4) is 23.0 Å². The van der Waals surface area contributed by atoms with Gasteiger partial charge >= 0.3 is 11.9 Å². The molecule has 4 aliphatic heterocycles. The van der Waals surface area contributed by atoms with Gasteiger partial charge in [-0.2, -0.15) is 0 Å². The largest absolute Gasteiger partial charge is 0.486 e. The van der Waals surface area contributed by atoms with E-state index in [2.05, 4.69) is 10.6 Å². The predicted molar refractivity (Wildman–Crippen MR) is 261 cm³/mol. The minimum Gasteiger partial charge on any atom is -0.486 e. The van der Waals surface area contributed by atoms with E-state index < -0.39 is 150 Å². The molecule has 0 aliphatic carbocycles. The number of nitrogens with zero attached hydrogens (tertiary/aromatic N) is 2. The lowest BCUT2D eigenvalue weighted by molar-refractivity contribution is -0.165. The number of carbonyl (C=O) groups is 4. The highest BCUT2D eigenvalue weighted by molar-refractivity contribution is 5.83. The molecule has 0 aromatic heterocycles. The average Bonchev–Trinajstić information content (AvgIpc) is 0.813. The zero-order valence-corrected chi connectivity index (χ0v) is 36.7. The molecule has 2 amide bonds. The van der Waals surface area contributed by atoms with E-state index in [4.69, 9.17) is 80.5 Å². The van der Waals surface area contributed by atoms with Gasteiger partial charge in [-0.1, -0.05) is 84.2 Å². The SMILES string of the molecule is C.O=C(O)[C@H](O)[C@@H](O)C(=O)O.[2H]C([2H])([2H])C([2H])([2H])C([2H])([2H])C([2H])([2H])C([2H])([2H])C([2H])([2H])C([2H])([2H])C(=O)N[C@H](CN1CCCC1)[C@H](O)c1ccc2c(c1)OCCO2.[2H]C([2H])([2H])C([2H])([2H])C([2H])([2H])C([2H])([2H])C([2H])([2H])C([2H])([2H])C([2H])([2H])C(=O)N[C@H](CN1CCCC1)[C@H](O)c1ccc2c(c1)OCCO2. The van der Waals surface area contributed by atoms with Gasteiger partial charge in [-0.25, -0.2) is 9.59 Å². The zero-order valence-electron chi connectivity index (χ0n) is 66.7. The molecule has 0 unspecified atom stereocenters. The fraction of sp³-hybridized carbons (Fsp3) is 0.686. The molecule has 0 spiro atoms. The molecule has 8 N–H and O–H groups in total. The van der Waals surface area contributed by atoms with Gasteiger partial charge in [0.25, 0.3) is 0 Å². The Bertz CT molecular complexity index is 2910. The molecule has 2 fully saturated rings. The van der Waals surface area contributed by atoms with Crippen LogP contribution >= 0.6 is 0 Å². The normalized spacial score (nSPS) is 27.1. The summed E-state index contributed by atoms with van der Waals surface area (Å²) in [5, 5.41) is 59.5. The first-order valence-electron chi connectivity index (χ1n) is 36.2. The molecule has 4 heterocycles. The fourth-order valence-electron chi connectivity index (χ4n) is 6.93. The van der Waals surface area contributed by atoms with Gasteiger partial charge in [-0.3, -0.25) is 9.59 Å². The standard InChI is InChI=1S/2C23H36N2O4.C4H6O6.CH4/c2*1-2-3-4-5-6-9-22(26)24-19(17-25-12-7-8-13-25)23(27)18-10-11-20-21(16-18)29-15-14-28-20;5-1(3(7)8)2(6)4(9)10;/h2*10-11,16,19,23,27H,2-9,12-15,17H2,1H3,(H,24,26);1-2,5-6H,(H,7,8)(H,9,10);1H4/t2*19-,23-;1-,2-;/m111./s1/i2*1D3,2D2,3D2,4D2,5D2,6D2,9D2;;. The first kappa shape index (κ1) is 27.8. The molecule has 6 rings (SSSR count). The van der Waals surface area contributed by atoms with E-state index in [1.165, 1.54) is 36.4 Å². The van der Waals surface area contributed by atoms with E-state index in [1.54, 1.807) is 0 Å². The van der Waals surface area contributed by atoms with Crippen molar-refractivity contribution < 1.29 is 110 Å². The molecule has 18 heteroatoms. The van der Waals surface area contributed by atoms with Crippen molar-refractivity contribution in [2.24, 2.45) is 0 Å². The highest BCUT2D eigenvalue weighted by Crippen LogP contribution is 2.35. The molecule has 4 aliphatic rings. The van der Waals surface area contributed by atoms with E-state index in [-0.39, 0.29) is 44.9 Å². The van der Waals surface area contributed by atoms with Crippen molar-refractivity contribution in [1.29, 1.82) is 0 Å². The Morgan fingerprint density at radius 1 is 0.565 bits per heavy atom. The highest BCUT2D eigenvalue weighted by atomic mass is 16.6. The Hall–Kier alpha value is -4.72. The first-order chi connectivity index (χ1) is 44.1. The van der Waals surface area contributed by atoms with Crippen LogP contribution in [0.5, 0.6) is 23.0 Å². The lowest BCUT2D eigenvalue weighted by Gasteiger charge is -2.29. The molecule has 390 valence electrons. The second-order valence-corrected chi connectivity index (χ2v) is 14.9. The summed E-state index contributed by atoms with van der Waals surface area (Å²) in [6.07, 6.45) is -54.6. The molecule has 2 aromatic carbocycles. The van der Waals surface area contributed by atoms with Gasteiger partial charge in [0.1, 0.15) is 38.6 Å². The topological polar surface area (TPSA) is 257 Å². The number of aliphatic carboxylic acids is 2. The van der Waals surface area contributed by atoms with Crippen molar-refractivity contribution >= 4 is 23.8 Å². The number of likely N-dealkylation sites (tertiary alicyclic amines) is 2. The van der Waals surface area contributed by atoms with Crippen LogP contribution in [-0.4, -0.2) is 154 Å². The predicted octanol–water partition coefficient (Wildman–Crippen LogP) is 5.38. The number of amides is 2. The maximum atomic E-state index is 13.4. The number of carbonyl (C=O) groups excluding carboxylic acids is 2. The quantitative estimate of drug-likeness (QED) is 0.0622. The molecule has 2 saturated heterocycles. The van der Waals surface area contributed by atoms with E-state index in [9.17, 15) is 29.4 Å². The maximum absolute atomic E-state index is 13.4. The number of carboxylic acids is 2. The highest BCUT2D eigenvalue weighted by Gasteiger charge is 2.31. The molecule has 69 heavy (non-hydrogen) atoms. The molecule has 2 aromatic rings. The number of benzene rings is 2. The smallest absolute Gasteiger partial charge is 0.335 e. The van der Waals surface area contributed by atoms with Crippen LogP contribution in [0.4, 0.5) is 0 Å². The number of hydrogen-bond acceptors (Lipinski definition) is 14. The van der Waals surface area contributed by atoms with Crippen LogP contribution in [0, 0.1) is 0 Å². The van der Waals surface area contributed by atoms with Crippen molar-refractivity contribution in [2.75, 3.05) is 65.7 Å². The summed E-state index contributed by atoms with van der Waals surface area (Å²) in [4.78, 5) is 50.1. The van der Waals surface area contributed by atoms with Gasteiger partial charge < -0.3 is 70.0 Å². The number of rotatable bonds is 25. The second-order valence-electron chi connectivity index (χ2n) is 14.9. The monoisotopic (exact) mass is 1000 g/mol. The Morgan fingerprint density at radius 3 is 1.26 bits per heavy atom. The van der Waals surface area contributed by atoms with E-state index in [1.807, 2.05) is 9.80 Å². The van der Waals surface area contributed by atoms with E-state index in [0.29, 0.717) is 62.4 Å². The Morgan fingerprint density at radius 2 is 0.913 bits per heavy atom. The van der Waals surface area contributed by atoms with Gasteiger partial charge in [0.2, 0.25) is 11.8 Å². The zero-order chi connectivity index (χ0) is 75.8. The van der Waals surface area contributed by atoms with E-state index >= 15 is 0 Å². The number of hydrogen-bond donors (Lipinski definition) is 8. The third-order valence-corrected chi connectivity index (χ3v) is 10.2.